The number of fused-ring (bicyclic) bond motifs is 1. The number of benzene rings is 2. The molecule has 3 aliphatic rings. The number of dihydropyridines is 1. The van der Waals surface area contributed by atoms with Gasteiger partial charge in [0.25, 0.3) is 0 Å². The van der Waals surface area contributed by atoms with Crippen LogP contribution in [0.15, 0.2) is 64.5 Å². The maximum Gasteiger partial charge on any atom is 0.335 e. The number of aromatic carboxylic acids is 1. The number of carbonyl (C=O) groups is 1. The number of carboxylic acid groups (broad SMARTS) is 1. The largest absolute Gasteiger partial charge is 0.478 e. The van der Waals surface area contributed by atoms with Crippen LogP contribution in [-0.4, -0.2) is 22.5 Å². The molecule has 196 valence electrons. The van der Waals surface area contributed by atoms with Crippen LogP contribution in [0, 0.1) is 5.41 Å². The van der Waals surface area contributed by atoms with Gasteiger partial charge in [0.15, 0.2) is 0 Å². The number of hydrogen-bond donors (Lipinski definition) is 2. The molecule has 6 rings (SSSR count). The monoisotopic (exact) mass is 552 g/mol. The number of rotatable bonds is 6. The highest BCUT2D eigenvalue weighted by Crippen LogP contribution is 2.46. The molecular formula is C29H26Cl2N2O5. The molecule has 2 N–H and O–H groups in total. The zero-order valence-corrected chi connectivity index (χ0v) is 22.4. The molecule has 1 saturated carbocycles. The maximum atomic E-state index is 11.5. The number of nitrogens with one attached hydrogen (secondary N) is 1. The highest BCUT2D eigenvalue weighted by molar-refractivity contribution is 6.39. The van der Waals surface area contributed by atoms with Crippen molar-refractivity contribution in [3.8, 4) is 17.0 Å². The molecule has 1 fully saturated rings. The number of nitrogens with zero attached hydrogens (tertiary/aromatic N) is 1. The summed E-state index contributed by atoms with van der Waals surface area (Å²) in [7, 11) is 0. The lowest BCUT2D eigenvalue weighted by Crippen LogP contribution is -2.39. The van der Waals surface area contributed by atoms with Gasteiger partial charge in [0, 0.05) is 22.5 Å². The fourth-order valence-electron chi connectivity index (χ4n) is 5.06. The Morgan fingerprint density at radius 3 is 2.68 bits per heavy atom. The van der Waals surface area contributed by atoms with Crippen LogP contribution in [0.25, 0.3) is 11.3 Å². The maximum absolute atomic E-state index is 11.5. The topological polar surface area (TPSA) is 93.8 Å². The lowest BCUT2D eigenvalue weighted by atomic mass is 9.81. The van der Waals surface area contributed by atoms with Crippen molar-refractivity contribution in [1.82, 2.24) is 10.5 Å². The average molecular weight is 553 g/mol. The Labute approximate surface area is 230 Å². The summed E-state index contributed by atoms with van der Waals surface area (Å²) in [6.45, 7) is 4.50. The SMILES string of the molecule is CC1(C)Cc2ccc(C(=O)O)cc2OC2=C1NC(OCc1c(-c3c(Cl)cccc3Cl)noc1C1CC1)C=C2. The molecule has 0 bridgehead atoms. The van der Waals surface area contributed by atoms with E-state index < -0.39 is 12.2 Å². The Kier molecular flexibility index (Phi) is 6.25. The van der Waals surface area contributed by atoms with E-state index in [4.69, 9.17) is 37.2 Å². The Balaban J connectivity index is 1.25. The first-order valence-electron chi connectivity index (χ1n) is 12.5. The van der Waals surface area contributed by atoms with Crippen molar-refractivity contribution in [2.45, 2.75) is 51.9 Å². The zero-order chi connectivity index (χ0) is 26.6. The van der Waals surface area contributed by atoms with E-state index in [1.165, 1.54) is 0 Å². The molecule has 2 aliphatic heterocycles. The second kappa shape index (κ2) is 9.49. The van der Waals surface area contributed by atoms with Gasteiger partial charge in [-0.05, 0) is 61.2 Å². The minimum absolute atomic E-state index is 0.189. The third kappa shape index (κ3) is 4.59. The molecule has 0 radical (unpaired) electrons. The van der Waals surface area contributed by atoms with Crippen molar-refractivity contribution in [2.24, 2.45) is 5.41 Å². The Hall–Kier alpha value is -3.26. The van der Waals surface area contributed by atoms with Gasteiger partial charge >= 0.3 is 5.97 Å². The molecule has 7 nitrogen and oxygen atoms in total. The molecule has 9 heteroatoms. The predicted molar refractivity (Wildman–Crippen MR) is 143 cm³/mol. The molecule has 1 atom stereocenters. The lowest BCUT2D eigenvalue weighted by Gasteiger charge is -2.33. The zero-order valence-electron chi connectivity index (χ0n) is 20.9. The summed E-state index contributed by atoms with van der Waals surface area (Å²) in [4.78, 5) is 11.5. The molecule has 3 aromatic rings. The second-order valence-electron chi connectivity index (χ2n) is 10.5. The van der Waals surface area contributed by atoms with E-state index in [1.807, 2.05) is 18.2 Å². The standard InChI is InChI=1S/C29H26Cl2N2O5/c1-29(2)13-17-9-8-16(28(34)35)12-22(17)37-21-10-11-23(32-27(21)29)36-14-18-25(33-38-26(18)15-6-7-15)24-19(30)4-3-5-20(24)31/h3-5,8-12,15,23,32H,6-7,13-14H2,1-2H3,(H,34,35). The van der Waals surface area contributed by atoms with E-state index in [9.17, 15) is 9.90 Å². The molecule has 38 heavy (non-hydrogen) atoms. The summed E-state index contributed by atoms with van der Waals surface area (Å²) in [6.07, 6.45) is 6.09. The summed E-state index contributed by atoms with van der Waals surface area (Å²) in [6, 6.07) is 10.4. The van der Waals surface area contributed by atoms with Crippen molar-refractivity contribution in [2.75, 3.05) is 0 Å². The molecule has 2 aromatic carbocycles. The minimum Gasteiger partial charge on any atom is -0.478 e. The summed E-state index contributed by atoms with van der Waals surface area (Å²) in [5, 5.41) is 18.2. The molecule has 1 unspecified atom stereocenters. The number of allylic oxidation sites excluding steroid dienone is 2. The van der Waals surface area contributed by atoms with Gasteiger partial charge in [-0.25, -0.2) is 4.79 Å². The van der Waals surface area contributed by atoms with Crippen LogP contribution in [0.5, 0.6) is 5.75 Å². The highest BCUT2D eigenvalue weighted by atomic mass is 35.5. The van der Waals surface area contributed by atoms with Gasteiger partial charge in [-0.2, -0.15) is 0 Å². The first-order chi connectivity index (χ1) is 18.2. The van der Waals surface area contributed by atoms with Crippen LogP contribution in [0.2, 0.25) is 10.0 Å². The number of carboxylic acids is 1. The van der Waals surface area contributed by atoms with Crippen LogP contribution in [0.3, 0.4) is 0 Å². The molecule has 1 aromatic heterocycles. The molecule has 0 amide bonds. The number of aromatic nitrogens is 1. The summed E-state index contributed by atoms with van der Waals surface area (Å²) >= 11 is 13.0. The number of ether oxygens (including phenoxy) is 2. The van der Waals surface area contributed by atoms with E-state index in [1.54, 1.807) is 30.3 Å². The summed E-state index contributed by atoms with van der Waals surface area (Å²) < 4.78 is 18.3. The van der Waals surface area contributed by atoms with Crippen LogP contribution < -0.4 is 10.1 Å². The Bertz CT molecular complexity index is 1480. The van der Waals surface area contributed by atoms with E-state index in [0.717, 1.165) is 35.4 Å². The highest BCUT2D eigenvalue weighted by Gasteiger charge is 2.36. The van der Waals surface area contributed by atoms with Crippen LogP contribution in [-0.2, 0) is 17.8 Å². The van der Waals surface area contributed by atoms with Gasteiger partial charge in [0.1, 0.15) is 29.2 Å². The normalized spacial score (nSPS) is 19.7. The minimum atomic E-state index is -0.989. The van der Waals surface area contributed by atoms with Gasteiger partial charge in [-0.15, -0.1) is 0 Å². The van der Waals surface area contributed by atoms with Crippen molar-refractivity contribution < 1.29 is 23.9 Å². The van der Waals surface area contributed by atoms with Crippen molar-refractivity contribution in [1.29, 1.82) is 0 Å². The average Bonchev–Trinajstić information content (AvgIpc) is 3.65. The quantitative estimate of drug-likeness (QED) is 0.336. The van der Waals surface area contributed by atoms with E-state index >= 15 is 0 Å². The third-order valence-corrected chi connectivity index (χ3v) is 7.80. The van der Waals surface area contributed by atoms with Gasteiger partial charge < -0.3 is 24.4 Å². The third-order valence-electron chi connectivity index (χ3n) is 7.17. The predicted octanol–water partition coefficient (Wildman–Crippen LogP) is 7.10. The smallest absolute Gasteiger partial charge is 0.335 e. The van der Waals surface area contributed by atoms with Gasteiger partial charge in [0.05, 0.1) is 27.9 Å². The fraction of sp³-hybridized carbons (Fsp3) is 0.310. The second-order valence-corrected chi connectivity index (χ2v) is 11.3. The number of hydrogen-bond acceptors (Lipinski definition) is 6. The molecule has 0 saturated heterocycles. The first-order valence-corrected chi connectivity index (χ1v) is 13.2. The van der Waals surface area contributed by atoms with Crippen LogP contribution in [0.1, 0.15) is 59.9 Å². The van der Waals surface area contributed by atoms with Crippen molar-refractivity contribution in [3.05, 3.63) is 92.5 Å². The van der Waals surface area contributed by atoms with E-state index in [-0.39, 0.29) is 17.6 Å². The lowest BCUT2D eigenvalue weighted by molar-refractivity contribution is 0.0487. The fourth-order valence-corrected chi connectivity index (χ4v) is 5.64. The van der Waals surface area contributed by atoms with E-state index in [0.29, 0.717) is 45.2 Å². The van der Waals surface area contributed by atoms with Gasteiger partial charge in [-0.3, -0.25) is 0 Å². The van der Waals surface area contributed by atoms with Crippen molar-refractivity contribution in [3.63, 3.8) is 0 Å². The number of halogens is 2. The molecular weight excluding hydrogens is 527 g/mol. The molecule has 3 heterocycles. The summed E-state index contributed by atoms with van der Waals surface area (Å²) in [5.41, 5.74) is 3.80. The van der Waals surface area contributed by atoms with Crippen LogP contribution in [0.4, 0.5) is 0 Å². The molecule has 1 aliphatic carbocycles. The first kappa shape index (κ1) is 25.0. The van der Waals surface area contributed by atoms with Gasteiger partial charge in [0.2, 0.25) is 0 Å². The molecule has 0 spiro atoms. The van der Waals surface area contributed by atoms with Crippen LogP contribution >= 0.6 is 23.2 Å². The van der Waals surface area contributed by atoms with E-state index in [2.05, 4.69) is 24.3 Å². The Morgan fingerprint density at radius 1 is 1.21 bits per heavy atom. The Morgan fingerprint density at radius 2 is 1.97 bits per heavy atom. The van der Waals surface area contributed by atoms with Crippen molar-refractivity contribution >= 4 is 29.2 Å². The summed E-state index contributed by atoms with van der Waals surface area (Å²) in [5.74, 6) is 1.34. The van der Waals surface area contributed by atoms with Gasteiger partial charge in [-0.1, -0.05) is 54.3 Å².